The number of hydrogen-bond acceptors (Lipinski definition) is 1. The molecule has 1 saturated heterocycles. The van der Waals surface area contributed by atoms with Gasteiger partial charge in [0.1, 0.15) is 6.29 Å². The highest BCUT2D eigenvalue weighted by Crippen LogP contribution is 2.29. The van der Waals surface area contributed by atoms with E-state index in [1.165, 1.54) is 31.0 Å². The predicted octanol–water partition coefficient (Wildman–Crippen LogP) is 3.35. The van der Waals surface area contributed by atoms with Crippen molar-refractivity contribution in [3.8, 4) is 0 Å². The molecule has 0 aromatic heterocycles. The topological polar surface area (TPSA) is 17.1 Å². The Morgan fingerprint density at radius 2 is 2.13 bits per heavy atom. The fourth-order valence-electron chi connectivity index (χ4n) is 2.58. The molecule has 1 atom stereocenters. The highest BCUT2D eigenvalue weighted by molar-refractivity contribution is 6.58. The first-order chi connectivity index (χ1) is 7.22. The van der Waals surface area contributed by atoms with Gasteiger partial charge in [0, 0.05) is 15.2 Å². The third-order valence-electron chi connectivity index (χ3n) is 3.61. The van der Waals surface area contributed by atoms with Crippen molar-refractivity contribution in [3.05, 3.63) is 0 Å². The Labute approximate surface area is 94.1 Å². The molecule has 0 spiro atoms. The van der Waals surface area contributed by atoms with Gasteiger partial charge in [-0.05, 0) is 19.3 Å². The smallest absolute Gasteiger partial charge is 0.120 e. The summed E-state index contributed by atoms with van der Waals surface area (Å²) in [5.74, 6) is 0.673. The van der Waals surface area contributed by atoms with Crippen molar-refractivity contribution in [2.45, 2.75) is 63.3 Å². The summed E-state index contributed by atoms with van der Waals surface area (Å²) >= 11 is 0. The molecule has 1 aliphatic heterocycles. The molecular formula is C12H23FOSi. The van der Waals surface area contributed by atoms with Gasteiger partial charge in [-0.3, -0.25) is 0 Å². The van der Waals surface area contributed by atoms with Gasteiger partial charge >= 0.3 is 0 Å². The maximum absolute atomic E-state index is 12.6. The Morgan fingerprint density at radius 3 is 2.67 bits per heavy atom. The van der Waals surface area contributed by atoms with E-state index in [-0.39, 0.29) is 0 Å². The van der Waals surface area contributed by atoms with E-state index >= 15 is 0 Å². The zero-order valence-corrected chi connectivity index (χ0v) is 10.9. The minimum absolute atomic E-state index is 0.531. The van der Waals surface area contributed by atoms with Crippen molar-refractivity contribution in [1.29, 1.82) is 0 Å². The quantitative estimate of drug-likeness (QED) is 0.505. The van der Waals surface area contributed by atoms with Gasteiger partial charge < -0.3 is 4.79 Å². The molecule has 1 nitrogen and oxygen atoms in total. The fraction of sp³-hybridized carbons (Fsp3) is 0.917. The zero-order chi connectivity index (χ0) is 11.1. The average molecular weight is 230 g/mol. The Hall–Kier alpha value is -0.183. The Balaban J connectivity index is 2.06. The highest BCUT2D eigenvalue weighted by atomic mass is 28.3. The molecule has 0 bridgehead atoms. The van der Waals surface area contributed by atoms with E-state index in [0.29, 0.717) is 5.92 Å². The van der Waals surface area contributed by atoms with Gasteiger partial charge in [-0.2, -0.15) is 0 Å². The van der Waals surface area contributed by atoms with Crippen LogP contribution in [0.5, 0.6) is 0 Å². The van der Waals surface area contributed by atoms with Crippen LogP contribution in [-0.4, -0.2) is 21.3 Å². The third-order valence-corrected chi connectivity index (χ3v) is 7.13. The lowest BCUT2D eigenvalue weighted by molar-refractivity contribution is -0.108. The Morgan fingerprint density at radius 1 is 1.47 bits per heavy atom. The normalized spacial score (nSPS) is 28.7. The van der Waals surface area contributed by atoms with E-state index in [0.717, 1.165) is 25.5 Å². The molecular weight excluding hydrogens is 207 g/mol. The first kappa shape index (κ1) is 12.9. The number of carbonyl (C=O) groups is 1. The molecule has 88 valence electrons. The molecule has 3 heteroatoms. The first-order valence-electron chi connectivity index (χ1n) is 6.30. The second kappa shape index (κ2) is 7.15. The van der Waals surface area contributed by atoms with Crippen molar-refractivity contribution in [2.75, 3.05) is 0 Å². The molecule has 15 heavy (non-hydrogen) atoms. The molecule has 0 N–H and O–H groups in total. The van der Waals surface area contributed by atoms with E-state index in [2.05, 4.69) is 0 Å². The SMILES string of the molecule is CC(F)CCC[SiH]1CCC(CC=O)CC1. The summed E-state index contributed by atoms with van der Waals surface area (Å²) in [6.07, 6.45) is 5.58. The van der Waals surface area contributed by atoms with Gasteiger partial charge in [-0.1, -0.05) is 37.4 Å². The largest absolute Gasteiger partial charge is 0.303 e. The van der Waals surface area contributed by atoms with Crippen LogP contribution < -0.4 is 0 Å². The van der Waals surface area contributed by atoms with E-state index in [1.807, 2.05) is 0 Å². The summed E-state index contributed by atoms with van der Waals surface area (Å²) in [5.41, 5.74) is 0. The second-order valence-corrected chi connectivity index (χ2v) is 8.46. The molecule has 1 heterocycles. The molecule has 0 saturated carbocycles. The lowest BCUT2D eigenvalue weighted by atomic mass is 10.00. The maximum atomic E-state index is 12.6. The van der Waals surface area contributed by atoms with Crippen LogP contribution in [0.2, 0.25) is 18.1 Å². The molecule has 1 rings (SSSR count). The standard InChI is InChI=1S/C12H23FOSi/c1-11(13)3-2-8-15-9-5-12(4-7-14)6-10-15/h7,11-12,15H,2-6,8-10H2,1H3. The molecule has 1 unspecified atom stereocenters. The molecule has 0 aromatic rings. The highest BCUT2D eigenvalue weighted by Gasteiger charge is 2.21. The number of hydrogen-bond donors (Lipinski definition) is 0. The van der Waals surface area contributed by atoms with Crippen molar-refractivity contribution in [3.63, 3.8) is 0 Å². The van der Waals surface area contributed by atoms with Gasteiger partial charge in [0.15, 0.2) is 0 Å². The summed E-state index contributed by atoms with van der Waals surface area (Å²) in [4.78, 5) is 10.4. The van der Waals surface area contributed by atoms with Crippen molar-refractivity contribution >= 4 is 15.1 Å². The van der Waals surface area contributed by atoms with E-state index in [1.54, 1.807) is 6.92 Å². The van der Waals surface area contributed by atoms with E-state index < -0.39 is 15.0 Å². The summed E-state index contributed by atoms with van der Waals surface area (Å²) in [6.45, 7) is 1.66. The Bertz CT molecular complexity index is 176. The molecule has 0 aliphatic carbocycles. The van der Waals surface area contributed by atoms with Crippen LogP contribution in [0.15, 0.2) is 0 Å². The lowest BCUT2D eigenvalue weighted by Crippen LogP contribution is -2.21. The van der Waals surface area contributed by atoms with E-state index in [9.17, 15) is 9.18 Å². The monoisotopic (exact) mass is 230 g/mol. The van der Waals surface area contributed by atoms with Crippen LogP contribution in [0.3, 0.4) is 0 Å². The minimum atomic E-state index is -0.620. The van der Waals surface area contributed by atoms with Gasteiger partial charge in [0.25, 0.3) is 0 Å². The number of carbonyl (C=O) groups excluding carboxylic acids is 1. The molecule has 0 amide bonds. The third kappa shape index (κ3) is 5.45. The van der Waals surface area contributed by atoms with Gasteiger partial charge in [-0.25, -0.2) is 4.39 Å². The molecule has 1 aliphatic rings. The van der Waals surface area contributed by atoms with Crippen LogP contribution in [0, 0.1) is 5.92 Å². The number of alkyl halides is 1. The first-order valence-corrected chi connectivity index (χ1v) is 8.75. The zero-order valence-electron chi connectivity index (χ0n) is 9.75. The summed E-state index contributed by atoms with van der Waals surface area (Å²) in [6, 6.07) is 4.10. The summed E-state index contributed by atoms with van der Waals surface area (Å²) < 4.78 is 12.6. The molecule has 1 fully saturated rings. The summed E-state index contributed by atoms with van der Waals surface area (Å²) in [5, 5.41) is 0. The van der Waals surface area contributed by atoms with Crippen LogP contribution in [-0.2, 0) is 4.79 Å². The fourth-order valence-corrected chi connectivity index (χ4v) is 6.14. The van der Waals surface area contributed by atoms with Crippen molar-refractivity contribution < 1.29 is 9.18 Å². The number of aldehydes is 1. The number of halogens is 1. The summed E-state index contributed by atoms with van der Waals surface area (Å²) in [7, 11) is -0.531. The van der Waals surface area contributed by atoms with Crippen LogP contribution >= 0.6 is 0 Å². The molecule has 0 radical (unpaired) electrons. The van der Waals surface area contributed by atoms with Crippen molar-refractivity contribution in [2.24, 2.45) is 5.92 Å². The lowest BCUT2D eigenvalue weighted by Gasteiger charge is -2.26. The second-order valence-electron chi connectivity index (χ2n) is 5.00. The van der Waals surface area contributed by atoms with Gasteiger partial charge in [0.2, 0.25) is 0 Å². The predicted molar refractivity (Wildman–Crippen MR) is 64.8 cm³/mol. The average Bonchev–Trinajstić information content (AvgIpc) is 2.20. The maximum Gasteiger partial charge on any atom is 0.120 e. The van der Waals surface area contributed by atoms with Gasteiger partial charge in [0.05, 0.1) is 6.17 Å². The molecule has 0 aromatic carbocycles. The van der Waals surface area contributed by atoms with Crippen LogP contribution in [0.1, 0.15) is 39.0 Å². The minimum Gasteiger partial charge on any atom is -0.303 e. The van der Waals surface area contributed by atoms with E-state index in [4.69, 9.17) is 0 Å². The number of rotatable bonds is 6. The van der Waals surface area contributed by atoms with Crippen LogP contribution in [0.25, 0.3) is 0 Å². The Kier molecular flexibility index (Phi) is 6.14. The van der Waals surface area contributed by atoms with Gasteiger partial charge in [-0.15, -0.1) is 0 Å². The van der Waals surface area contributed by atoms with Crippen LogP contribution in [0.4, 0.5) is 4.39 Å². The van der Waals surface area contributed by atoms with Crippen molar-refractivity contribution in [1.82, 2.24) is 0 Å².